The molecule has 0 aromatic heterocycles. The van der Waals surface area contributed by atoms with Crippen molar-refractivity contribution in [2.24, 2.45) is 0 Å². The molecule has 0 aliphatic rings. The minimum absolute atomic E-state index is 0.299. The minimum atomic E-state index is 0.299. The van der Waals surface area contributed by atoms with Crippen molar-refractivity contribution in [2.45, 2.75) is 51.6 Å². The normalized spacial score (nSPS) is 15.3. The average Bonchev–Trinajstić information content (AvgIpc) is 2.11. The molecule has 13 heavy (non-hydrogen) atoms. The lowest BCUT2D eigenvalue weighted by Gasteiger charge is -2.19. The summed E-state index contributed by atoms with van der Waals surface area (Å²) in [6.07, 6.45) is 6.11. The second-order valence-electron chi connectivity index (χ2n) is 3.70. The zero-order valence-electron chi connectivity index (χ0n) is 8.92. The van der Waals surface area contributed by atoms with Crippen LogP contribution in [0.5, 0.6) is 0 Å². The highest BCUT2D eigenvalue weighted by molar-refractivity contribution is 4.73. The van der Waals surface area contributed by atoms with Gasteiger partial charge in [-0.15, -0.1) is 6.58 Å². The van der Waals surface area contributed by atoms with Gasteiger partial charge in [-0.1, -0.05) is 6.08 Å². The first kappa shape index (κ1) is 12.7. The van der Waals surface area contributed by atoms with E-state index in [9.17, 15) is 0 Å². The molecule has 0 rings (SSSR count). The summed E-state index contributed by atoms with van der Waals surface area (Å²) in [4.78, 5) is 0. The van der Waals surface area contributed by atoms with E-state index in [0.717, 1.165) is 25.7 Å². The van der Waals surface area contributed by atoms with Crippen molar-refractivity contribution in [2.75, 3.05) is 6.61 Å². The standard InChI is InChI=1S/C11H23NO/c1-4-5-7-10(2)12-11(3)8-6-9-13/h4,10-13H,1,5-9H2,2-3H3. The van der Waals surface area contributed by atoms with Gasteiger partial charge in [-0.2, -0.15) is 0 Å². The predicted octanol–water partition coefficient (Wildman–Crippen LogP) is 2.09. The van der Waals surface area contributed by atoms with E-state index in [0.29, 0.717) is 18.7 Å². The predicted molar refractivity (Wildman–Crippen MR) is 57.8 cm³/mol. The Labute approximate surface area is 82.0 Å². The Morgan fingerprint density at radius 3 is 2.46 bits per heavy atom. The molecular formula is C11H23NO. The summed E-state index contributed by atoms with van der Waals surface area (Å²) >= 11 is 0. The maximum atomic E-state index is 8.65. The van der Waals surface area contributed by atoms with Gasteiger partial charge in [0.1, 0.15) is 0 Å². The lowest BCUT2D eigenvalue weighted by Crippen LogP contribution is -2.34. The van der Waals surface area contributed by atoms with Crippen molar-refractivity contribution < 1.29 is 5.11 Å². The summed E-state index contributed by atoms with van der Waals surface area (Å²) in [6, 6.07) is 1.05. The van der Waals surface area contributed by atoms with Gasteiger partial charge < -0.3 is 10.4 Å². The fraction of sp³-hybridized carbons (Fsp3) is 0.818. The molecule has 0 aliphatic carbocycles. The zero-order valence-corrected chi connectivity index (χ0v) is 8.92. The Bertz CT molecular complexity index is 125. The van der Waals surface area contributed by atoms with Crippen LogP contribution in [0.15, 0.2) is 12.7 Å². The highest BCUT2D eigenvalue weighted by Gasteiger charge is 2.05. The Hall–Kier alpha value is -0.340. The second-order valence-corrected chi connectivity index (χ2v) is 3.70. The molecule has 0 aromatic carbocycles. The molecule has 0 saturated carbocycles. The fourth-order valence-electron chi connectivity index (χ4n) is 1.42. The third-order valence-electron chi connectivity index (χ3n) is 2.17. The second kappa shape index (κ2) is 8.27. The minimum Gasteiger partial charge on any atom is -0.396 e. The number of hydrogen-bond donors (Lipinski definition) is 2. The average molecular weight is 185 g/mol. The van der Waals surface area contributed by atoms with Gasteiger partial charge in [0, 0.05) is 18.7 Å². The maximum Gasteiger partial charge on any atom is 0.0431 e. The topological polar surface area (TPSA) is 32.3 Å². The van der Waals surface area contributed by atoms with E-state index >= 15 is 0 Å². The molecule has 2 nitrogen and oxygen atoms in total. The monoisotopic (exact) mass is 185 g/mol. The number of allylic oxidation sites excluding steroid dienone is 1. The van der Waals surface area contributed by atoms with Gasteiger partial charge in [-0.05, 0) is 39.5 Å². The van der Waals surface area contributed by atoms with Gasteiger partial charge in [-0.3, -0.25) is 0 Å². The van der Waals surface area contributed by atoms with Gasteiger partial charge in [0.2, 0.25) is 0 Å². The molecule has 0 bridgehead atoms. The van der Waals surface area contributed by atoms with E-state index in [1.165, 1.54) is 0 Å². The molecule has 2 heteroatoms. The van der Waals surface area contributed by atoms with Crippen molar-refractivity contribution >= 4 is 0 Å². The van der Waals surface area contributed by atoms with Crippen molar-refractivity contribution in [1.82, 2.24) is 5.32 Å². The largest absolute Gasteiger partial charge is 0.396 e. The third kappa shape index (κ3) is 8.00. The summed E-state index contributed by atoms with van der Waals surface area (Å²) in [5.41, 5.74) is 0. The molecule has 0 aromatic rings. The van der Waals surface area contributed by atoms with Crippen molar-refractivity contribution in [3.8, 4) is 0 Å². The molecule has 0 spiro atoms. The van der Waals surface area contributed by atoms with Crippen LogP contribution in [0.1, 0.15) is 39.5 Å². The highest BCUT2D eigenvalue weighted by atomic mass is 16.2. The number of rotatable bonds is 8. The van der Waals surface area contributed by atoms with E-state index in [4.69, 9.17) is 5.11 Å². The van der Waals surface area contributed by atoms with Crippen LogP contribution in [0, 0.1) is 0 Å². The highest BCUT2D eigenvalue weighted by Crippen LogP contribution is 2.01. The number of nitrogens with one attached hydrogen (secondary N) is 1. The first-order chi connectivity index (χ1) is 6.20. The Kier molecular flexibility index (Phi) is 8.05. The molecule has 2 atom stereocenters. The SMILES string of the molecule is C=CCCC(C)NC(C)CCCO. The maximum absolute atomic E-state index is 8.65. The molecule has 0 amide bonds. The van der Waals surface area contributed by atoms with E-state index in [-0.39, 0.29) is 0 Å². The van der Waals surface area contributed by atoms with Gasteiger partial charge in [0.25, 0.3) is 0 Å². The lowest BCUT2D eigenvalue weighted by atomic mass is 10.1. The molecule has 0 radical (unpaired) electrons. The molecular weight excluding hydrogens is 162 g/mol. The van der Waals surface area contributed by atoms with E-state index < -0.39 is 0 Å². The van der Waals surface area contributed by atoms with Crippen LogP contribution in [-0.2, 0) is 0 Å². The van der Waals surface area contributed by atoms with Crippen molar-refractivity contribution in [3.05, 3.63) is 12.7 Å². The number of aliphatic hydroxyl groups is 1. The van der Waals surface area contributed by atoms with Crippen molar-refractivity contribution in [3.63, 3.8) is 0 Å². The van der Waals surface area contributed by atoms with Gasteiger partial charge in [0.15, 0.2) is 0 Å². The number of hydrogen-bond acceptors (Lipinski definition) is 2. The van der Waals surface area contributed by atoms with Crippen LogP contribution in [-0.4, -0.2) is 23.8 Å². The van der Waals surface area contributed by atoms with Gasteiger partial charge in [0.05, 0.1) is 0 Å². The molecule has 0 heterocycles. The third-order valence-corrected chi connectivity index (χ3v) is 2.17. The van der Waals surface area contributed by atoms with Gasteiger partial charge >= 0.3 is 0 Å². The van der Waals surface area contributed by atoms with Gasteiger partial charge in [-0.25, -0.2) is 0 Å². The summed E-state index contributed by atoms with van der Waals surface area (Å²) in [6.45, 7) is 8.36. The number of aliphatic hydroxyl groups excluding tert-OH is 1. The van der Waals surface area contributed by atoms with Crippen LogP contribution in [0.3, 0.4) is 0 Å². The first-order valence-electron chi connectivity index (χ1n) is 5.18. The van der Waals surface area contributed by atoms with Crippen LogP contribution in [0.2, 0.25) is 0 Å². The zero-order chi connectivity index (χ0) is 10.1. The summed E-state index contributed by atoms with van der Waals surface area (Å²) in [7, 11) is 0. The summed E-state index contributed by atoms with van der Waals surface area (Å²) in [5.74, 6) is 0. The molecule has 0 aliphatic heterocycles. The summed E-state index contributed by atoms with van der Waals surface area (Å²) < 4.78 is 0. The molecule has 0 saturated heterocycles. The van der Waals surface area contributed by atoms with E-state index in [1.807, 2.05) is 6.08 Å². The Morgan fingerprint density at radius 1 is 1.31 bits per heavy atom. The van der Waals surface area contributed by atoms with E-state index in [2.05, 4.69) is 25.7 Å². The van der Waals surface area contributed by atoms with Crippen LogP contribution < -0.4 is 5.32 Å². The van der Waals surface area contributed by atoms with Crippen LogP contribution in [0.25, 0.3) is 0 Å². The van der Waals surface area contributed by atoms with E-state index in [1.54, 1.807) is 0 Å². The Morgan fingerprint density at radius 2 is 1.92 bits per heavy atom. The quantitative estimate of drug-likeness (QED) is 0.568. The first-order valence-corrected chi connectivity index (χ1v) is 5.18. The van der Waals surface area contributed by atoms with Crippen LogP contribution >= 0.6 is 0 Å². The Balaban J connectivity index is 3.40. The summed E-state index contributed by atoms with van der Waals surface area (Å²) in [5, 5.41) is 12.1. The molecule has 2 N–H and O–H groups in total. The molecule has 0 fully saturated rings. The lowest BCUT2D eigenvalue weighted by molar-refractivity contribution is 0.273. The van der Waals surface area contributed by atoms with Crippen molar-refractivity contribution in [1.29, 1.82) is 0 Å². The smallest absolute Gasteiger partial charge is 0.0431 e. The van der Waals surface area contributed by atoms with Crippen LogP contribution in [0.4, 0.5) is 0 Å². The molecule has 78 valence electrons. The molecule has 2 unspecified atom stereocenters. The fourth-order valence-corrected chi connectivity index (χ4v) is 1.42.